The summed E-state index contributed by atoms with van der Waals surface area (Å²) < 4.78 is 5.00. The summed E-state index contributed by atoms with van der Waals surface area (Å²) in [6.07, 6.45) is 6.07. The third kappa shape index (κ3) is 2.98. The van der Waals surface area contributed by atoms with Gasteiger partial charge in [-0.05, 0) is 24.1 Å². The lowest BCUT2D eigenvalue weighted by molar-refractivity contribution is 0.0772. The monoisotopic (exact) mass is 294 g/mol. The molecule has 3 heterocycles. The minimum absolute atomic E-state index is 0.0141. The fourth-order valence-corrected chi connectivity index (χ4v) is 2.41. The molecule has 5 nitrogen and oxygen atoms in total. The van der Waals surface area contributed by atoms with Crippen LogP contribution in [0.3, 0.4) is 0 Å². The number of carbonyl (C=O) groups excluding carboxylic acids is 1. The molecule has 0 aliphatic carbocycles. The second-order valence-corrected chi connectivity index (χ2v) is 4.96. The van der Waals surface area contributed by atoms with Gasteiger partial charge in [-0.15, -0.1) is 0 Å². The second kappa shape index (κ2) is 6.39. The predicted octanol–water partition coefficient (Wildman–Crippen LogP) is 2.21. The normalized spacial score (nSPS) is 14.4. The Morgan fingerprint density at radius 1 is 1.32 bits per heavy atom. The number of aromatic nitrogens is 2. The molecule has 0 unspecified atom stereocenters. The minimum Gasteiger partial charge on any atom is -0.481 e. The van der Waals surface area contributed by atoms with Crippen LogP contribution in [0.25, 0.3) is 5.57 Å². The maximum absolute atomic E-state index is 12.4. The van der Waals surface area contributed by atoms with Gasteiger partial charge in [-0.2, -0.15) is 0 Å². The summed E-state index contributed by atoms with van der Waals surface area (Å²) in [5.41, 5.74) is 2.70. The van der Waals surface area contributed by atoms with Crippen LogP contribution in [0.2, 0.25) is 0 Å². The molecule has 0 saturated heterocycles. The van der Waals surface area contributed by atoms with Crippen molar-refractivity contribution in [2.24, 2.45) is 0 Å². The van der Waals surface area contributed by atoms with Crippen molar-refractivity contribution >= 4 is 11.5 Å². The van der Waals surface area contributed by atoms with Gasteiger partial charge in [0.05, 0.1) is 18.4 Å². The Hall–Kier alpha value is -2.69. The first-order valence-electron chi connectivity index (χ1n) is 7.09. The highest BCUT2D eigenvalue weighted by atomic mass is 16.5. The molecule has 2 aromatic rings. The molecule has 111 valence electrons. The van der Waals surface area contributed by atoms with Crippen molar-refractivity contribution < 1.29 is 9.53 Å². The summed E-state index contributed by atoms with van der Waals surface area (Å²) in [7, 11) is 1.55. The Morgan fingerprint density at radius 3 is 2.82 bits per heavy atom. The molecule has 2 aromatic heterocycles. The standard InChI is InChI=1S/C17H16N3O2/c1-22-16-6-5-14(12-19-16)17(21)20-10-7-13(8-11-20)15-4-2-3-9-18-15/h2,4-7,9,12H,8,10-11H2,1H3. The van der Waals surface area contributed by atoms with Crippen LogP contribution in [0.15, 0.2) is 42.7 Å². The molecule has 0 N–H and O–H groups in total. The van der Waals surface area contributed by atoms with Crippen molar-refractivity contribution in [2.45, 2.75) is 6.42 Å². The van der Waals surface area contributed by atoms with E-state index in [0.717, 1.165) is 12.1 Å². The first kappa shape index (κ1) is 14.3. The van der Waals surface area contributed by atoms with Crippen molar-refractivity contribution in [3.8, 4) is 5.88 Å². The Morgan fingerprint density at radius 2 is 2.23 bits per heavy atom. The van der Waals surface area contributed by atoms with Gasteiger partial charge >= 0.3 is 0 Å². The smallest absolute Gasteiger partial charge is 0.255 e. The number of nitrogens with zero attached hydrogens (tertiary/aromatic N) is 3. The summed E-state index contributed by atoms with van der Waals surface area (Å²) in [6, 6.07) is 10.1. The first-order valence-corrected chi connectivity index (χ1v) is 7.09. The van der Waals surface area contributed by atoms with Gasteiger partial charge in [0, 0.05) is 37.6 Å². The lowest BCUT2D eigenvalue weighted by Crippen LogP contribution is -2.34. The van der Waals surface area contributed by atoms with Crippen molar-refractivity contribution in [1.82, 2.24) is 14.9 Å². The van der Waals surface area contributed by atoms with Crippen LogP contribution < -0.4 is 4.74 Å². The summed E-state index contributed by atoms with van der Waals surface area (Å²) in [5, 5.41) is 0. The van der Waals surface area contributed by atoms with Gasteiger partial charge in [-0.3, -0.25) is 9.78 Å². The molecular weight excluding hydrogens is 278 g/mol. The average molecular weight is 294 g/mol. The summed E-state index contributed by atoms with van der Waals surface area (Å²) in [4.78, 5) is 22.6. The molecule has 1 aliphatic rings. The summed E-state index contributed by atoms with van der Waals surface area (Å²) >= 11 is 0. The molecular formula is C17H16N3O2. The number of methoxy groups -OCH3 is 1. The zero-order valence-corrected chi connectivity index (χ0v) is 12.3. The number of carbonyl (C=O) groups is 1. The number of rotatable bonds is 3. The van der Waals surface area contributed by atoms with Crippen molar-refractivity contribution in [1.29, 1.82) is 0 Å². The van der Waals surface area contributed by atoms with E-state index in [4.69, 9.17) is 4.74 Å². The highest BCUT2D eigenvalue weighted by Gasteiger charge is 2.19. The van der Waals surface area contributed by atoms with E-state index in [0.29, 0.717) is 24.5 Å². The molecule has 0 aromatic carbocycles. The van der Waals surface area contributed by atoms with E-state index in [-0.39, 0.29) is 5.91 Å². The van der Waals surface area contributed by atoms with Crippen molar-refractivity contribution in [3.63, 3.8) is 0 Å². The Bertz CT molecular complexity index is 681. The Labute approximate surface area is 129 Å². The maximum Gasteiger partial charge on any atom is 0.255 e. The van der Waals surface area contributed by atoms with Crippen LogP contribution in [0.4, 0.5) is 0 Å². The number of hydrogen-bond donors (Lipinski definition) is 0. The molecule has 0 fully saturated rings. The van der Waals surface area contributed by atoms with Crippen molar-refractivity contribution in [2.75, 3.05) is 20.2 Å². The van der Waals surface area contributed by atoms with Gasteiger partial charge in [0.25, 0.3) is 5.91 Å². The fraction of sp³-hybridized carbons (Fsp3) is 0.235. The van der Waals surface area contributed by atoms with Gasteiger partial charge in [-0.1, -0.05) is 12.1 Å². The molecule has 3 rings (SSSR count). The SMILES string of the molecule is COc1ccc(C(=O)N2CC=C(c3cc[c]cn3)CC2)cn1. The third-order valence-corrected chi connectivity index (χ3v) is 3.63. The minimum atomic E-state index is -0.0141. The molecule has 5 heteroatoms. The Kier molecular flexibility index (Phi) is 4.14. The van der Waals surface area contributed by atoms with Crippen LogP contribution in [0.1, 0.15) is 22.5 Å². The second-order valence-electron chi connectivity index (χ2n) is 4.96. The zero-order chi connectivity index (χ0) is 15.4. The fourth-order valence-electron chi connectivity index (χ4n) is 2.41. The molecule has 0 atom stereocenters. The van der Waals surface area contributed by atoms with Crippen molar-refractivity contribution in [3.05, 3.63) is 60.1 Å². The van der Waals surface area contributed by atoms with Crippen LogP contribution >= 0.6 is 0 Å². The highest BCUT2D eigenvalue weighted by molar-refractivity contribution is 5.94. The number of pyridine rings is 2. The van der Waals surface area contributed by atoms with Gasteiger partial charge in [-0.25, -0.2) is 4.98 Å². The molecule has 22 heavy (non-hydrogen) atoms. The molecule has 0 spiro atoms. The highest BCUT2D eigenvalue weighted by Crippen LogP contribution is 2.21. The maximum atomic E-state index is 12.4. The van der Waals surface area contributed by atoms with Crippen LogP contribution in [0, 0.1) is 6.07 Å². The van der Waals surface area contributed by atoms with E-state index in [2.05, 4.69) is 22.1 Å². The van der Waals surface area contributed by atoms with E-state index in [9.17, 15) is 4.79 Å². The third-order valence-electron chi connectivity index (χ3n) is 3.63. The molecule has 0 saturated carbocycles. The van der Waals surface area contributed by atoms with E-state index >= 15 is 0 Å². The molecule has 1 amide bonds. The average Bonchev–Trinajstić information content (AvgIpc) is 2.62. The predicted molar refractivity (Wildman–Crippen MR) is 82.4 cm³/mol. The summed E-state index contributed by atoms with van der Waals surface area (Å²) in [5.74, 6) is 0.490. The molecule has 1 radical (unpaired) electrons. The van der Waals surface area contributed by atoms with Crippen LogP contribution in [-0.4, -0.2) is 41.0 Å². The summed E-state index contributed by atoms with van der Waals surface area (Å²) in [6.45, 7) is 1.26. The largest absolute Gasteiger partial charge is 0.481 e. The van der Waals surface area contributed by atoms with Gasteiger partial charge < -0.3 is 9.64 Å². The van der Waals surface area contributed by atoms with E-state index in [1.807, 2.05) is 17.0 Å². The lowest BCUT2D eigenvalue weighted by atomic mass is 10.0. The molecule has 1 aliphatic heterocycles. The van der Waals surface area contributed by atoms with Crippen LogP contribution in [0.5, 0.6) is 5.88 Å². The van der Waals surface area contributed by atoms with Gasteiger partial charge in [0.15, 0.2) is 0 Å². The number of amides is 1. The number of hydrogen-bond acceptors (Lipinski definition) is 4. The quantitative estimate of drug-likeness (QED) is 0.871. The first-order chi connectivity index (χ1) is 10.8. The van der Waals surface area contributed by atoms with Gasteiger partial charge in [0.1, 0.15) is 0 Å². The van der Waals surface area contributed by atoms with Crippen LogP contribution in [-0.2, 0) is 0 Å². The van der Waals surface area contributed by atoms with E-state index in [1.165, 1.54) is 5.57 Å². The number of ether oxygens (including phenoxy) is 1. The van der Waals surface area contributed by atoms with Gasteiger partial charge in [0.2, 0.25) is 5.88 Å². The Balaban J connectivity index is 1.70. The lowest BCUT2D eigenvalue weighted by Gasteiger charge is -2.26. The molecule has 0 bridgehead atoms. The topological polar surface area (TPSA) is 55.3 Å². The van der Waals surface area contributed by atoms with E-state index < -0.39 is 0 Å². The zero-order valence-electron chi connectivity index (χ0n) is 12.3. The van der Waals surface area contributed by atoms with E-state index in [1.54, 1.807) is 31.6 Å².